The number of amides is 2. The van der Waals surface area contributed by atoms with E-state index in [1.807, 2.05) is 19.1 Å². The van der Waals surface area contributed by atoms with Crippen molar-refractivity contribution in [3.8, 4) is 0 Å². The molecule has 0 aliphatic heterocycles. The van der Waals surface area contributed by atoms with Crippen molar-refractivity contribution in [3.63, 3.8) is 0 Å². The van der Waals surface area contributed by atoms with Gasteiger partial charge in [0.05, 0.1) is 11.1 Å². The normalized spacial score (nSPS) is 11.4. The number of hydrogen-bond acceptors (Lipinski definition) is 3. The van der Waals surface area contributed by atoms with E-state index in [9.17, 15) is 22.8 Å². The summed E-state index contributed by atoms with van der Waals surface area (Å²) < 4.78 is 45.7. The molecule has 0 saturated carbocycles. The molecule has 2 N–H and O–H groups in total. The quantitative estimate of drug-likeness (QED) is 0.395. The van der Waals surface area contributed by atoms with Crippen molar-refractivity contribution < 1.29 is 27.2 Å². The van der Waals surface area contributed by atoms with E-state index in [1.165, 1.54) is 12.1 Å². The van der Waals surface area contributed by atoms with Crippen LogP contribution in [0.25, 0.3) is 11.0 Å². The minimum atomic E-state index is -4.71. The lowest BCUT2D eigenvalue weighted by Crippen LogP contribution is -2.20. The summed E-state index contributed by atoms with van der Waals surface area (Å²) in [5, 5.41) is 5.50. The van der Waals surface area contributed by atoms with E-state index in [0.29, 0.717) is 16.7 Å². The van der Waals surface area contributed by atoms with Crippen LogP contribution in [-0.2, 0) is 6.18 Å². The molecular formula is C24H17F3N2O3. The molecule has 0 unspecified atom stereocenters. The van der Waals surface area contributed by atoms with Gasteiger partial charge in [-0.3, -0.25) is 9.59 Å². The maximum atomic E-state index is 13.4. The van der Waals surface area contributed by atoms with Crippen LogP contribution in [0.15, 0.2) is 77.2 Å². The third-order valence-corrected chi connectivity index (χ3v) is 4.83. The van der Waals surface area contributed by atoms with Gasteiger partial charge < -0.3 is 15.1 Å². The Labute approximate surface area is 180 Å². The van der Waals surface area contributed by atoms with Crippen molar-refractivity contribution >= 4 is 34.2 Å². The van der Waals surface area contributed by atoms with Gasteiger partial charge in [-0.1, -0.05) is 42.0 Å². The highest BCUT2D eigenvalue weighted by Crippen LogP contribution is 2.35. The summed E-state index contributed by atoms with van der Waals surface area (Å²) in [4.78, 5) is 25.7. The molecule has 0 saturated heterocycles. The van der Waals surface area contributed by atoms with Crippen molar-refractivity contribution in [1.82, 2.24) is 0 Å². The Morgan fingerprint density at radius 3 is 2.19 bits per heavy atom. The molecule has 2 amide bonds. The molecule has 8 heteroatoms. The van der Waals surface area contributed by atoms with Gasteiger partial charge in [0, 0.05) is 11.1 Å². The highest BCUT2D eigenvalue weighted by Gasteiger charge is 2.35. The van der Waals surface area contributed by atoms with Gasteiger partial charge in [-0.05, 0) is 43.3 Å². The van der Waals surface area contributed by atoms with Crippen LogP contribution in [0, 0.1) is 6.92 Å². The number of carbonyl (C=O) groups is 2. The molecule has 1 heterocycles. The Bertz CT molecular complexity index is 1310. The molecule has 32 heavy (non-hydrogen) atoms. The number of hydrogen-bond donors (Lipinski definition) is 2. The van der Waals surface area contributed by atoms with Gasteiger partial charge in [0.15, 0.2) is 0 Å². The summed E-state index contributed by atoms with van der Waals surface area (Å²) in [5.41, 5.74) is 0.169. The van der Waals surface area contributed by atoms with E-state index in [1.54, 1.807) is 36.4 Å². The molecule has 3 aromatic carbocycles. The summed E-state index contributed by atoms with van der Waals surface area (Å²) in [6.07, 6.45) is -4.71. The van der Waals surface area contributed by atoms with Gasteiger partial charge in [-0.15, -0.1) is 0 Å². The maximum Gasteiger partial charge on any atom is 0.417 e. The van der Waals surface area contributed by atoms with Crippen LogP contribution < -0.4 is 10.6 Å². The minimum Gasteiger partial charge on any atom is -0.449 e. The largest absolute Gasteiger partial charge is 0.449 e. The summed E-state index contributed by atoms with van der Waals surface area (Å²) in [5.74, 6) is -1.87. The topological polar surface area (TPSA) is 71.3 Å². The molecule has 0 radical (unpaired) electrons. The average molecular weight is 438 g/mol. The van der Waals surface area contributed by atoms with Crippen molar-refractivity contribution in [1.29, 1.82) is 0 Å². The molecule has 162 valence electrons. The first-order chi connectivity index (χ1) is 15.2. The second-order valence-electron chi connectivity index (χ2n) is 7.12. The lowest BCUT2D eigenvalue weighted by Gasteiger charge is -2.13. The van der Waals surface area contributed by atoms with E-state index in [4.69, 9.17) is 4.42 Å². The van der Waals surface area contributed by atoms with Crippen LogP contribution in [0.2, 0.25) is 0 Å². The second-order valence-corrected chi connectivity index (χ2v) is 7.12. The fourth-order valence-corrected chi connectivity index (χ4v) is 3.26. The Morgan fingerprint density at radius 1 is 0.812 bits per heavy atom. The van der Waals surface area contributed by atoms with Crippen molar-refractivity contribution in [2.45, 2.75) is 13.1 Å². The van der Waals surface area contributed by atoms with E-state index in [2.05, 4.69) is 10.6 Å². The van der Waals surface area contributed by atoms with Crippen LogP contribution in [0.1, 0.15) is 32.0 Å². The third-order valence-electron chi connectivity index (χ3n) is 4.83. The number of alkyl halides is 3. The maximum absolute atomic E-state index is 13.4. The van der Waals surface area contributed by atoms with Gasteiger partial charge >= 0.3 is 6.18 Å². The van der Waals surface area contributed by atoms with Crippen molar-refractivity contribution in [2.24, 2.45) is 0 Å². The van der Waals surface area contributed by atoms with E-state index >= 15 is 0 Å². The molecular weight excluding hydrogens is 421 g/mol. The fourth-order valence-electron chi connectivity index (χ4n) is 3.26. The molecule has 4 aromatic rings. The summed E-state index contributed by atoms with van der Waals surface area (Å²) in [7, 11) is 0. The molecule has 0 aliphatic rings. The highest BCUT2D eigenvalue weighted by atomic mass is 19.4. The monoisotopic (exact) mass is 438 g/mol. The molecule has 0 aliphatic carbocycles. The number of furan rings is 1. The number of halogens is 3. The first-order valence-electron chi connectivity index (χ1n) is 9.61. The molecule has 4 rings (SSSR count). The van der Waals surface area contributed by atoms with Gasteiger partial charge in [0.1, 0.15) is 11.3 Å². The van der Waals surface area contributed by atoms with E-state index in [0.717, 1.165) is 17.7 Å². The number of fused-ring (bicyclic) bond motifs is 1. The minimum absolute atomic E-state index is 0.00723. The van der Waals surface area contributed by atoms with Gasteiger partial charge in [-0.2, -0.15) is 13.2 Å². The molecule has 0 atom stereocenters. The van der Waals surface area contributed by atoms with Crippen LogP contribution >= 0.6 is 0 Å². The van der Waals surface area contributed by atoms with Crippen LogP contribution in [0.5, 0.6) is 0 Å². The Hall–Kier alpha value is -4.07. The molecule has 0 fully saturated rings. The number of aryl methyl sites for hydroxylation is 1. The zero-order chi connectivity index (χ0) is 22.9. The van der Waals surface area contributed by atoms with Gasteiger partial charge in [0.2, 0.25) is 5.76 Å². The summed E-state index contributed by atoms with van der Waals surface area (Å²) >= 11 is 0. The Balaban J connectivity index is 1.72. The number of para-hydroxylation sites is 1. The second kappa shape index (κ2) is 8.22. The smallest absolute Gasteiger partial charge is 0.417 e. The number of nitrogens with one attached hydrogen (secondary N) is 2. The highest BCUT2D eigenvalue weighted by molar-refractivity contribution is 6.17. The van der Waals surface area contributed by atoms with Crippen LogP contribution in [0.3, 0.4) is 0 Å². The zero-order valence-electron chi connectivity index (χ0n) is 16.8. The first-order valence-corrected chi connectivity index (χ1v) is 9.61. The van der Waals surface area contributed by atoms with Crippen molar-refractivity contribution in [3.05, 3.63) is 95.2 Å². The van der Waals surface area contributed by atoms with E-state index < -0.39 is 29.1 Å². The molecule has 1 aromatic heterocycles. The number of rotatable bonds is 4. The summed E-state index contributed by atoms with van der Waals surface area (Å²) in [6.45, 7) is 1.90. The van der Waals surface area contributed by atoms with Crippen LogP contribution in [0.4, 0.5) is 24.5 Å². The van der Waals surface area contributed by atoms with Gasteiger partial charge in [-0.25, -0.2) is 0 Å². The third kappa shape index (κ3) is 4.20. The van der Waals surface area contributed by atoms with Crippen LogP contribution in [-0.4, -0.2) is 11.8 Å². The lowest BCUT2D eigenvalue weighted by atomic mass is 10.1. The van der Waals surface area contributed by atoms with Crippen molar-refractivity contribution in [2.75, 3.05) is 10.6 Å². The zero-order valence-corrected chi connectivity index (χ0v) is 16.8. The molecule has 0 spiro atoms. The number of carbonyl (C=O) groups excluding carboxylic acids is 2. The Morgan fingerprint density at radius 2 is 1.47 bits per heavy atom. The predicted octanol–water partition coefficient (Wildman–Crippen LogP) is 6.26. The number of benzene rings is 3. The predicted molar refractivity (Wildman–Crippen MR) is 115 cm³/mol. The first kappa shape index (κ1) is 21.2. The number of anilines is 2. The summed E-state index contributed by atoms with van der Waals surface area (Å²) in [6, 6.07) is 18.0. The Kier molecular flexibility index (Phi) is 5.44. The SMILES string of the molecule is Cc1ccc(NC(=O)c2oc3ccccc3c2NC(=O)c2ccccc2C(F)(F)F)cc1. The molecule has 5 nitrogen and oxygen atoms in total. The lowest BCUT2D eigenvalue weighted by molar-refractivity contribution is -0.137. The average Bonchev–Trinajstić information content (AvgIpc) is 3.13. The fraction of sp³-hybridized carbons (Fsp3) is 0.0833. The molecule has 0 bridgehead atoms. The van der Waals surface area contributed by atoms with E-state index in [-0.39, 0.29) is 11.4 Å². The van der Waals surface area contributed by atoms with Gasteiger partial charge in [0.25, 0.3) is 11.8 Å². The standard InChI is InChI=1S/C24H17F3N2O3/c1-14-10-12-15(13-11-14)28-23(31)21-20(17-7-3-5-9-19(17)32-21)29-22(30)16-6-2-4-8-18(16)24(25,26)27/h2-13H,1H3,(H,28,31)(H,29,30).